The molecule has 1 saturated carbocycles. The summed E-state index contributed by atoms with van der Waals surface area (Å²) in [5.74, 6) is 0.0682. The number of aliphatic hydroxyl groups is 1. The van der Waals surface area contributed by atoms with E-state index in [1.54, 1.807) is 29.1 Å². The Hall–Kier alpha value is -2.84. The van der Waals surface area contributed by atoms with E-state index in [1.165, 1.54) is 12.5 Å². The maximum atomic E-state index is 13.2. The van der Waals surface area contributed by atoms with E-state index in [4.69, 9.17) is 20.6 Å². The molecule has 4 atom stereocenters. The van der Waals surface area contributed by atoms with Gasteiger partial charge in [-0.15, -0.1) is 0 Å². The van der Waals surface area contributed by atoms with Crippen molar-refractivity contribution in [3.05, 3.63) is 59.2 Å². The number of ketones is 1. The summed E-state index contributed by atoms with van der Waals surface area (Å²) in [5, 5.41) is 18.0. The molecule has 12 nitrogen and oxygen atoms in total. The number of aromatic nitrogens is 4. The van der Waals surface area contributed by atoms with Gasteiger partial charge in [0, 0.05) is 30.9 Å². The van der Waals surface area contributed by atoms with Crippen LogP contribution in [0.3, 0.4) is 0 Å². The number of nitrogens with zero attached hydrogens (tertiary/aromatic N) is 4. The van der Waals surface area contributed by atoms with Gasteiger partial charge in [-0.05, 0) is 49.6 Å². The monoisotopic (exact) mass is 510 g/mol. The van der Waals surface area contributed by atoms with E-state index in [1.807, 2.05) is 11.6 Å². The van der Waals surface area contributed by atoms with E-state index in [0.717, 1.165) is 0 Å². The summed E-state index contributed by atoms with van der Waals surface area (Å²) >= 11 is 5.84. The Labute approximate surface area is 200 Å². The van der Waals surface area contributed by atoms with E-state index < -0.39 is 28.1 Å². The first kappa shape index (κ1) is 24.3. The summed E-state index contributed by atoms with van der Waals surface area (Å²) in [6.07, 6.45) is 4.26. The summed E-state index contributed by atoms with van der Waals surface area (Å²) in [4.78, 5) is 21.3. The summed E-state index contributed by atoms with van der Waals surface area (Å²) < 4.78 is 39.7. The lowest BCUT2D eigenvalue weighted by molar-refractivity contribution is 0.103. The van der Waals surface area contributed by atoms with Crippen LogP contribution in [0, 0.1) is 5.92 Å². The van der Waals surface area contributed by atoms with Crippen LogP contribution in [0.15, 0.2) is 41.3 Å². The van der Waals surface area contributed by atoms with Crippen molar-refractivity contribution in [3.8, 4) is 0 Å². The molecule has 4 N–H and O–H groups in total. The van der Waals surface area contributed by atoms with Crippen LogP contribution in [0.1, 0.15) is 47.6 Å². The number of aliphatic hydroxyl groups excluding tert-OH is 1. The minimum absolute atomic E-state index is 0.107. The van der Waals surface area contributed by atoms with Crippen LogP contribution in [0.2, 0.25) is 5.22 Å². The Bertz CT molecular complexity index is 1280. The first-order valence-corrected chi connectivity index (χ1v) is 12.2. The van der Waals surface area contributed by atoms with Crippen LogP contribution < -0.4 is 10.0 Å². The smallest absolute Gasteiger partial charge is 0.333 e. The summed E-state index contributed by atoms with van der Waals surface area (Å²) in [6, 6.07) is 4.39. The van der Waals surface area contributed by atoms with Crippen LogP contribution in [0.4, 0.5) is 5.82 Å². The minimum atomic E-state index is -4.35. The fraction of sp³-hybridized carbons (Fsp3) is 0.400. The van der Waals surface area contributed by atoms with Crippen LogP contribution in [0.5, 0.6) is 0 Å². The number of hydrogen-bond donors (Lipinski definition) is 4. The van der Waals surface area contributed by atoms with Gasteiger partial charge in [-0.3, -0.25) is 14.0 Å². The normalized spacial score (nSPS) is 21.5. The highest BCUT2D eigenvalue weighted by Crippen LogP contribution is 2.29. The standard InChI is InChI=1S/C20H23ClN6O6S/c1-11(17-2-3-18(21)33-17)27-5-4-15(26-27)19(29)14-9-22-10-23-20(14)25-13-6-12(16(28)7-13)8-24-34(30,31)32/h2-5,9-13,16,24,28H,6-8H2,1H3,(H,22,23,25)(H,30,31,32)/t11-,12-,13-,16+/m1/s1. The number of halogens is 1. The van der Waals surface area contributed by atoms with E-state index in [-0.39, 0.29) is 40.9 Å². The van der Waals surface area contributed by atoms with Crippen molar-refractivity contribution in [2.24, 2.45) is 5.92 Å². The molecule has 0 bridgehead atoms. The molecular weight excluding hydrogens is 488 g/mol. The van der Waals surface area contributed by atoms with E-state index in [0.29, 0.717) is 18.6 Å². The number of carbonyl (C=O) groups excluding carboxylic acids is 1. The van der Waals surface area contributed by atoms with Gasteiger partial charge in [-0.1, -0.05) is 0 Å². The topological polar surface area (TPSA) is 172 Å². The summed E-state index contributed by atoms with van der Waals surface area (Å²) in [7, 11) is -4.35. The molecule has 0 aromatic carbocycles. The molecule has 0 aliphatic heterocycles. The number of anilines is 1. The summed E-state index contributed by atoms with van der Waals surface area (Å²) in [6.45, 7) is 1.75. The zero-order chi connectivity index (χ0) is 24.5. The molecular formula is C20H23ClN6O6S. The highest BCUT2D eigenvalue weighted by molar-refractivity contribution is 7.83. The molecule has 34 heavy (non-hydrogen) atoms. The van der Waals surface area contributed by atoms with Crippen molar-refractivity contribution >= 4 is 33.5 Å². The van der Waals surface area contributed by atoms with Gasteiger partial charge in [0.2, 0.25) is 5.78 Å². The number of rotatable bonds is 9. The second kappa shape index (κ2) is 9.80. The second-order valence-corrected chi connectivity index (χ2v) is 9.69. The first-order valence-electron chi connectivity index (χ1n) is 10.4. The molecule has 0 radical (unpaired) electrons. The highest BCUT2D eigenvalue weighted by atomic mass is 35.5. The van der Waals surface area contributed by atoms with E-state index in [2.05, 4.69) is 20.4 Å². The lowest BCUT2D eigenvalue weighted by Gasteiger charge is -2.15. The van der Waals surface area contributed by atoms with Gasteiger partial charge >= 0.3 is 10.3 Å². The predicted octanol–water partition coefficient (Wildman–Crippen LogP) is 1.70. The van der Waals surface area contributed by atoms with Crippen molar-refractivity contribution in [3.63, 3.8) is 0 Å². The van der Waals surface area contributed by atoms with Crippen molar-refractivity contribution < 1.29 is 27.3 Å². The number of carbonyl (C=O) groups is 1. The van der Waals surface area contributed by atoms with Crippen LogP contribution in [-0.4, -0.2) is 62.3 Å². The van der Waals surface area contributed by atoms with Crippen molar-refractivity contribution in [1.82, 2.24) is 24.5 Å². The Kier molecular flexibility index (Phi) is 7.00. The predicted molar refractivity (Wildman–Crippen MR) is 121 cm³/mol. The van der Waals surface area contributed by atoms with Crippen molar-refractivity contribution in [2.75, 3.05) is 11.9 Å². The summed E-state index contributed by atoms with van der Waals surface area (Å²) in [5.41, 5.74) is 0.388. The van der Waals surface area contributed by atoms with Gasteiger partial charge in [0.1, 0.15) is 29.6 Å². The van der Waals surface area contributed by atoms with Gasteiger partial charge in [-0.2, -0.15) is 18.2 Å². The molecule has 14 heteroatoms. The molecule has 1 fully saturated rings. The third-order valence-electron chi connectivity index (χ3n) is 5.73. The molecule has 3 aromatic heterocycles. The average molecular weight is 511 g/mol. The van der Waals surface area contributed by atoms with Gasteiger partial charge in [0.25, 0.3) is 0 Å². The molecule has 0 saturated heterocycles. The Morgan fingerprint density at radius 1 is 1.35 bits per heavy atom. The maximum Gasteiger partial charge on any atom is 0.333 e. The Morgan fingerprint density at radius 3 is 2.85 bits per heavy atom. The fourth-order valence-electron chi connectivity index (χ4n) is 3.95. The van der Waals surface area contributed by atoms with Crippen LogP contribution in [0.25, 0.3) is 0 Å². The maximum absolute atomic E-state index is 13.2. The van der Waals surface area contributed by atoms with Crippen molar-refractivity contribution in [2.45, 2.75) is 38.0 Å². The third-order valence-corrected chi connectivity index (χ3v) is 6.46. The Morgan fingerprint density at radius 2 is 2.15 bits per heavy atom. The molecule has 3 heterocycles. The number of furan rings is 1. The van der Waals surface area contributed by atoms with Gasteiger partial charge < -0.3 is 14.8 Å². The number of hydrogen-bond acceptors (Lipinski definition) is 9. The lowest BCUT2D eigenvalue weighted by Crippen LogP contribution is -2.32. The van der Waals surface area contributed by atoms with Gasteiger partial charge in [0.05, 0.1) is 11.7 Å². The Balaban J connectivity index is 1.46. The fourth-order valence-corrected chi connectivity index (χ4v) is 4.53. The lowest BCUT2D eigenvalue weighted by atomic mass is 10.1. The SMILES string of the molecule is C[C@H](c1ccc(Cl)o1)n1ccc(C(=O)c2cncnc2N[C@@H]2C[C@H](CNS(=O)(=O)O)[C@@H](O)C2)n1. The number of nitrogens with one attached hydrogen (secondary N) is 2. The largest absolute Gasteiger partial charge is 0.447 e. The van der Waals surface area contributed by atoms with Gasteiger partial charge in [0.15, 0.2) is 5.22 Å². The second-order valence-electron chi connectivity index (χ2n) is 8.08. The van der Waals surface area contributed by atoms with E-state index in [9.17, 15) is 18.3 Å². The van der Waals surface area contributed by atoms with Crippen LogP contribution in [-0.2, 0) is 10.3 Å². The average Bonchev–Trinajstić information content (AvgIpc) is 3.51. The molecule has 182 valence electrons. The highest BCUT2D eigenvalue weighted by Gasteiger charge is 2.34. The molecule has 0 spiro atoms. The molecule has 0 amide bonds. The van der Waals surface area contributed by atoms with Crippen molar-refractivity contribution in [1.29, 1.82) is 0 Å². The first-order chi connectivity index (χ1) is 16.1. The minimum Gasteiger partial charge on any atom is -0.447 e. The van der Waals surface area contributed by atoms with E-state index >= 15 is 0 Å². The molecule has 1 aliphatic carbocycles. The van der Waals surface area contributed by atoms with Crippen LogP contribution >= 0.6 is 11.6 Å². The van der Waals surface area contributed by atoms with Gasteiger partial charge in [-0.25, -0.2) is 9.97 Å². The molecule has 4 rings (SSSR count). The third kappa shape index (κ3) is 5.62. The zero-order valence-electron chi connectivity index (χ0n) is 18.0. The quantitative estimate of drug-likeness (QED) is 0.245. The zero-order valence-corrected chi connectivity index (χ0v) is 19.6. The molecule has 0 unspecified atom stereocenters. The molecule has 3 aromatic rings. The molecule has 1 aliphatic rings.